The van der Waals surface area contributed by atoms with Crippen LogP contribution >= 0.6 is 0 Å². The Bertz CT molecular complexity index is 918. The van der Waals surface area contributed by atoms with Crippen molar-refractivity contribution >= 4 is 11.6 Å². The van der Waals surface area contributed by atoms with Gasteiger partial charge in [0, 0.05) is 49.9 Å². The van der Waals surface area contributed by atoms with Crippen molar-refractivity contribution in [3.8, 4) is 0 Å². The quantitative estimate of drug-likeness (QED) is 0.843. The molecule has 6 nitrogen and oxygen atoms in total. The van der Waals surface area contributed by atoms with Gasteiger partial charge in [0.2, 0.25) is 0 Å². The van der Waals surface area contributed by atoms with Crippen LogP contribution in [0.1, 0.15) is 66.7 Å². The number of carbonyl (C=O) groups is 1. The number of fused-ring (bicyclic) bond motifs is 3. The molecule has 2 aromatic rings. The number of amides is 1. The second-order valence-corrected chi connectivity index (χ2v) is 9.15. The standard InChI is InChI=1S/C24H33N5O/c1-3-29-23(14-22(26-29)17-8-9-17)24(30)28-15-18-6-4-5-7-21(18)25-13-12-19-10-11-20(16-28)27(19)2/h4-7,14,17,19-20,25H,3,8-13,15-16H2,1-2H3/t19-,20+/m0/s1. The summed E-state index contributed by atoms with van der Waals surface area (Å²) in [6.45, 7) is 5.17. The summed E-state index contributed by atoms with van der Waals surface area (Å²) in [4.78, 5) is 18.4. The van der Waals surface area contributed by atoms with Crippen LogP contribution in [0, 0.1) is 0 Å². The molecular weight excluding hydrogens is 374 g/mol. The Balaban J connectivity index is 1.49. The van der Waals surface area contributed by atoms with Crippen LogP contribution in [0.25, 0.3) is 0 Å². The minimum atomic E-state index is 0.113. The number of aryl methyl sites for hydroxylation is 1. The van der Waals surface area contributed by atoms with E-state index in [1.807, 2.05) is 4.68 Å². The van der Waals surface area contributed by atoms with Crippen LogP contribution in [0.5, 0.6) is 0 Å². The number of likely N-dealkylation sites (N-methyl/N-ethyl adjacent to an activating group) is 1. The summed E-state index contributed by atoms with van der Waals surface area (Å²) < 4.78 is 1.91. The van der Waals surface area contributed by atoms with Gasteiger partial charge in [-0.2, -0.15) is 5.10 Å². The average Bonchev–Trinajstić information content (AvgIpc) is 3.43. The highest BCUT2D eigenvalue weighted by Gasteiger charge is 2.35. The molecule has 2 bridgehead atoms. The van der Waals surface area contributed by atoms with E-state index in [1.54, 1.807) is 0 Å². The van der Waals surface area contributed by atoms with Gasteiger partial charge in [0.25, 0.3) is 5.91 Å². The summed E-state index contributed by atoms with van der Waals surface area (Å²) in [7, 11) is 2.23. The van der Waals surface area contributed by atoms with E-state index in [4.69, 9.17) is 5.10 Å². The van der Waals surface area contributed by atoms with Crippen molar-refractivity contribution in [2.45, 2.75) is 70.1 Å². The van der Waals surface area contributed by atoms with Gasteiger partial charge in [0.05, 0.1) is 5.69 Å². The monoisotopic (exact) mass is 407 g/mol. The third kappa shape index (κ3) is 3.73. The lowest BCUT2D eigenvalue weighted by atomic mass is 10.1. The van der Waals surface area contributed by atoms with Crippen LogP contribution in [0.3, 0.4) is 0 Å². The second kappa shape index (κ2) is 8.06. The number of para-hydroxylation sites is 1. The molecule has 1 amide bonds. The summed E-state index contributed by atoms with van der Waals surface area (Å²) in [6, 6.07) is 11.5. The zero-order valence-corrected chi connectivity index (χ0v) is 18.2. The van der Waals surface area contributed by atoms with Crippen LogP contribution < -0.4 is 5.32 Å². The fourth-order valence-corrected chi connectivity index (χ4v) is 5.13. The number of carbonyl (C=O) groups excluding carboxylic acids is 1. The molecule has 5 rings (SSSR count). The number of hydrogen-bond acceptors (Lipinski definition) is 4. The average molecular weight is 408 g/mol. The van der Waals surface area contributed by atoms with E-state index >= 15 is 0 Å². The van der Waals surface area contributed by atoms with Crippen LogP contribution in [0.15, 0.2) is 30.3 Å². The number of hydrogen-bond donors (Lipinski definition) is 1. The summed E-state index contributed by atoms with van der Waals surface area (Å²) in [5, 5.41) is 8.38. The van der Waals surface area contributed by atoms with Crippen molar-refractivity contribution in [2.24, 2.45) is 0 Å². The molecule has 2 atom stereocenters. The molecule has 2 fully saturated rings. The number of aromatic nitrogens is 2. The van der Waals surface area contributed by atoms with Gasteiger partial charge in [0.1, 0.15) is 5.69 Å². The first-order valence-electron chi connectivity index (χ1n) is 11.5. The van der Waals surface area contributed by atoms with Gasteiger partial charge >= 0.3 is 0 Å². The van der Waals surface area contributed by atoms with Crippen LogP contribution in [0.4, 0.5) is 5.69 Å². The van der Waals surface area contributed by atoms with E-state index < -0.39 is 0 Å². The normalized spacial score (nSPS) is 24.8. The lowest BCUT2D eigenvalue weighted by molar-refractivity contribution is 0.0677. The molecule has 1 N–H and O–H groups in total. The fraction of sp³-hybridized carbons (Fsp3) is 0.583. The van der Waals surface area contributed by atoms with Gasteiger partial charge in [-0.25, -0.2) is 0 Å². The van der Waals surface area contributed by atoms with Crippen molar-refractivity contribution in [1.29, 1.82) is 0 Å². The highest BCUT2D eigenvalue weighted by Crippen LogP contribution is 2.39. The van der Waals surface area contributed by atoms with Crippen molar-refractivity contribution in [2.75, 3.05) is 25.5 Å². The summed E-state index contributed by atoms with van der Waals surface area (Å²) in [5.74, 6) is 0.667. The molecule has 0 spiro atoms. The molecule has 30 heavy (non-hydrogen) atoms. The zero-order valence-electron chi connectivity index (χ0n) is 18.2. The number of nitrogens with one attached hydrogen (secondary N) is 1. The molecule has 3 heterocycles. The molecule has 1 saturated heterocycles. The molecule has 1 aromatic carbocycles. The molecule has 1 aliphatic carbocycles. The van der Waals surface area contributed by atoms with Crippen molar-refractivity contribution in [1.82, 2.24) is 19.6 Å². The lowest BCUT2D eigenvalue weighted by Crippen LogP contribution is -2.43. The second-order valence-electron chi connectivity index (χ2n) is 9.15. The minimum Gasteiger partial charge on any atom is -0.385 e. The Morgan fingerprint density at radius 3 is 2.73 bits per heavy atom. The van der Waals surface area contributed by atoms with E-state index in [2.05, 4.69) is 59.4 Å². The molecule has 1 saturated carbocycles. The predicted molar refractivity (Wildman–Crippen MR) is 119 cm³/mol. The smallest absolute Gasteiger partial charge is 0.272 e. The highest BCUT2D eigenvalue weighted by atomic mass is 16.2. The minimum absolute atomic E-state index is 0.113. The van der Waals surface area contributed by atoms with Gasteiger partial charge in [-0.3, -0.25) is 14.4 Å². The maximum atomic E-state index is 13.8. The fourth-order valence-electron chi connectivity index (χ4n) is 5.13. The predicted octanol–water partition coefficient (Wildman–Crippen LogP) is 3.70. The molecule has 3 aliphatic rings. The van der Waals surface area contributed by atoms with Gasteiger partial charge in [-0.05, 0) is 63.8 Å². The Morgan fingerprint density at radius 2 is 1.93 bits per heavy atom. The van der Waals surface area contributed by atoms with Crippen molar-refractivity contribution in [3.05, 3.63) is 47.3 Å². The highest BCUT2D eigenvalue weighted by molar-refractivity contribution is 5.93. The molecule has 0 unspecified atom stereocenters. The maximum Gasteiger partial charge on any atom is 0.272 e. The van der Waals surface area contributed by atoms with E-state index in [-0.39, 0.29) is 5.91 Å². The molecule has 160 valence electrons. The summed E-state index contributed by atoms with van der Waals surface area (Å²) in [6.07, 6.45) is 5.91. The van der Waals surface area contributed by atoms with Gasteiger partial charge < -0.3 is 10.2 Å². The van der Waals surface area contributed by atoms with Gasteiger partial charge in [0.15, 0.2) is 0 Å². The third-order valence-electron chi connectivity index (χ3n) is 7.19. The Hall–Kier alpha value is -2.34. The zero-order chi connectivity index (χ0) is 20.7. The van der Waals surface area contributed by atoms with E-state index in [0.29, 0.717) is 24.5 Å². The van der Waals surface area contributed by atoms with Crippen molar-refractivity contribution < 1.29 is 4.79 Å². The first-order valence-corrected chi connectivity index (χ1v) is 11.5. The SMILES string of the molecule is CCn1nc(C2CC2)cc1C(=O)N1Cc2ccccc2NCC[C@@H]2CC[C@H](C1)N2C. The molecule has 2 aliphatic heterocycles. The van der Waals surface area contributed by atoms with E-state index in [0.717, 1.165) is 49.6 Å². The molecular formula is C24H33N5O. The molecule has 0 radical (unpaired) electrons. The summed E-state index contributed by atoms with van der Waals surface area (Å²) >= 11 is 0. The Morgan fingerprint density at radius 1 is 1.13 bits per heavy atom. The van der Waals surface area contributed by atoms with Crippen molar-refractivity contribution in [3.63, 3.8) is 0 Å². The Labute approximate surface area is 179 Å². The first kappa shape index (κ1) is 19.6. The van der Waals surface area contributed by atoms with Crippen LogP contribution in [-0.4, -0.2) is 57.7 Å². The largest absolute Gasteiger partial charge is 0.385 e. The molecule has 6 heteroatoms. The van der Waals surface area contributed by atoms with Gasteiger partial charge in [-0.1, -0.05) is 18.2 Å². The lowest BCUT2D eigenvalue weighted by Gasteiger charge is -2.31. The Kier molecular flexibility index (Phi) is 5.27. The van der Waals surface area contributed by atoms with Gasteiger partial charge in [-0.15, -0.1) is 0 Å². The first-order chi connectivity index (χ1) is 14.6. The third-order valence-corrected chi connectivity index (χ3v) is 7.19. The number of anilines is 1. The maximum absolute atomic E-state index is 13.8. The van der Waals surface area contributed by atoms with E-state index in [9.17, 15) is 4.79 Å². The van der Waals surface area contributed by atoms with E-state index in [1.165, 1.54) is 24.8 Å². The summed E-state index contributed by atoms with van der Waals surface area (Å²) in [5.41, 5.74) is 4.18. The number of benzene rings is 1. The molecule has 1 aromatic heterocycles. The van der Waals surface area contributed by atoms with Crippen LogP contribution in [0.2, 0.25) is 0 Å². The number of nitrogens with zero attached hydrogens (tertiary/aromatic N) is 4. The number of rotatable bonds is 3. The van der Waals surface area contributed by atoms with Crippen LogP contribution in [-0.2, 0) is 13.1 Å². The topological polar surface area (TPSA) is 53.4 Å².